The molecule has 2 aromatic rings. The van der Waals surface area contributed by atoms with E-state index in [4.69, 9.17) is 20.8 Å². The Morgan fingerprint density at radius 3 is 2.82 bits per heavy atom. The number of dihydropyridines is 1. The van der Waals surface area contributed by atoms with Gasteiger partial charge in [0.25, 0.3) is 0 Å². The summed E-state index contributed by atoms with van der Waals surface area (Å²) >= 11 is 7.55. The number of Topliss-reactive ketones (excluding diaryl/α,β-unsaturated/α-hetero) is 1. The Kier molecular flexibility index (Phi) is 5.17. The maximum absolute atomic E-state index is 13.2. The van der Waals surface area contributed by atoms with Crippen molar-refractivity contribution in [2.75, 3.05) is 6.61 Å². The summed E-state index contributed by atoms with van der Waals surface area (Å²) < 4.78 is 11.4. The number of hydrogen-bond acceptors (Lipinski definition) is 6. The number of esters is 1. The second-order valence-electron chi connectivity index (χ2n) is 6.90. The van der Waals surface area contributed by atoms with Gasteiger partial charge in [-0.15, -0.1) is 11.3 Å². The highest BCUT2D eigenvalue weighted by Crippen LogP contribution is 2.47. The maximum atomic E-state index is 13.2. The second kappa shape index (κ2) is 7.60. The lowest BCUT2D eigenvalue weighted by molar-refractivity contribution is -0.138. The molecule has 28 heavy (non-hydrogen) atoms. The van der Waals surface area contributed by atoms with Crippen LogP contribution in [-0.4, -0.2) is 18.4 Å². The van der Waals surface area contributed by atoms with Gasteiger partial charge in [-0.05, 0) is 44.5 Å². The molecule has 2 aliphatic rings. The van der Waals surface area contributed by atoms with Crippen molar-refractivity contribution in [2.24, 2.45) is 0 Å². The molecule has 4 rings (SSSR count). The van der Waals surface area contributed by atoms with Crippen LogP contribution in [0.25, 0.3) is 0 Å². The largest absolute Gasteiger partial charge is 0.469 e. The van der Waals surface area contributed by atoms with Crippen LogP contribution in [-0.2, 0) is 14.3 Å². The van der Waals surface area contributed by atoms with Gasteiger partial charge in [-0.25, -0.2) is 4.79 Å². The minimum Gasteiger partial charge on any atom is -0.469 e. The molecule has 3 heterocycles. The first-order valence-corrected chi connectivity index (χ1v) is 10.4. The molecule has 0 spiro atoms. The fourth-order valence-electron chi connectivity index (χ4n) is 4.01. The zero-order chi connectivity index (χ0) is 19.8. The van der Waals surface area contributed by atoms with Gasteiger partial charge in [0, 0.05) is 34.2 Å². The van der Waals surface area contributed by atoms with E-state index in [0.29, 0.717) is 34.0 Å². The Bertz CT molecular complexity index is 986. The number of rotatable bonds is 4. The average Bonchev–Trinajstić information content (AvgIpc) is 3.32. The summed E-state index contributed by atoms with van der Waals surface area (Å²) in [7, 11) is 0. The van der Waals surface area contributed by atoms with Crippen LogP contribution >= 0.6 is 22.9 Å². The van der Waals surface area contributed by atoms with Crippen molar-refractivity contribution in [1.82, 2.24) is 5.32 Å². The summed E-state index contributed by atoms with van der Waals surface area (Å²) in [6.45, 7) is 3.89. The summed E-state index contributed by atoms with van der Waals surface area (Å²) in [5, 5.41) is 3.30. The van der Waals surface area contributed by atoms with Crippen LogP contribution in [0, 0.1) is 0 Å². The Morgan fingerprint density at radius 2 is 2.18 bits per heavy atom. The van der Waals surface area contributed by atoms with Crippen LogP contribution in [0.4, 0.5) is 0 Å². The molecule has 0 amide bonds. The number of nitrogens with one attached hydrogen (secondary N) is 1. The van der Waals surface area contributed by atoms with E-state index in [1.54, 1.807) is 19.3 Å². The molecule has 2 unspecified atom stereocenters. The molecule has 7 heteroatoms. The highest BCUT2D eigenvalue weighted by molar-refractivity contribution is 7.16. The normalized spacial score (nSPS) is 22.2. The minimum atomic E-state index is -0.460. The molecule has 1 aliphatic carbocycles. The summed E-state index contributed by atoms with van der Waals surface area (Å²) in [4.78, 5) is 26.8. The SMILES string of the molecule is CCOC(=O)C1=C(C)NC2=C(C(=O)CC(c3ccco3)C2)C1c1ccc(Cl)s1. The van der Waals surface area contributed by atoms with Crippen LogP contribution in [0.5, 0.6) is 0 Å². The molecular formula is C21H20ClNO4S. The molecular weight excluding hydrogens is 398 g/mol. The van der Waals surface area contributed by atoms with Crippen LogP contribution in [0.2, 0.25) is 4.34 Å². The molecule has 2 atom stereocenters. The summed E-state index contributed by atoms with van der Waals surface area (Å²) in [6, 6.07) is 7.40. The smallest absolute Gasteiger partial charge is 0.336 e. The van der Waals surface area contributed by atoms with Crippen molar-refractivity contribution >= 4 is 34.7 Å². The molecule has 0 saturated carbocycles. The number of ether oxygens (including phenoxy) is 1. The number of thiophene rings is 1. The molecule has 0 radical (unpaired) electrons. The van der Waals surface area contributed by atoms with Gasteiger partial charge < -0.3 is 14.5 Å². The molecule has 0 fully saturated rings. The lowest BCUT2D eigenvalue weighted by atomic mass is 9.74. The average molecular weight is 418 g/mol. The van der Waals surface area contributed by atoms with Crippen LogP contribution in [0.15, 0.2) is 57.5 Å². The Balaban J connectivity index is 1.80. The van der Waals surface area contributed by atoms with E-state index in [-0.39, 0.29) is 18.3 Å². The van der Waals surface area contributed by atoms with E-state index in [9.17, 15) is 9.59 Å². The van der Waals surface area contributed by atoms with E-state index in [1.807, 2.05) is 25.1 Å². The fraction of sp³-hybridized carbons (Fsp3) is 0.333. The van der Waals surface area contributed by atoms with Crippen molar-refractivity contribution in [3.8, 4) is 0 Å². The molecule has 1 aliphatic heterocycles. The van der Waals surface area contributed by atoms with Crippen LogP contribution in [0.3, 0.4) is 0 Å². The fourth-order valence-corrected chi connectivity index (χ4v) is 5.19. The number of carbonyl (C=O) groups is 2. The number of allylic oxidation sites excluding steroid dienone is 3. The highest BCUT2D eigenvalue weighted by atomic mass is 35.5. The van der Waals surface area contributed by atoms with Crippen LogP contribution < -0.4 is 5.32 Å². The van der Waals surface area contributed by atoms with Crippen molar-refractivity contribution in [3.63, 3.8) is 0 Å². The third-order valence-electron chi connectivity index (χ3n) is 5.15. The van der Waals surface area contributed by atoms with Crippen molar-refractivity contribution in [2.45, 2.75) is 38.5 Å². The molecule has 1 N–H and O–H groups in total. The zero-order valence-corrected chi connectivity index (χ0v) is 17.2. The van der Waals surface area contributed by atoms with Gasteiger partial charge in [0.2, 0.25) is 0 Å². The first-order valence-electron chi connectivity index (χ1n) is 9.19. The van der Waals surface area contributed by atoms with Gasteiger partial charge >= 0.3 is 5.97 Å². The van der Waals surface area contributed by atoms with Gasteiger partial charge in [0.1, 0.15) is 5.76 Å². The van der Waals surface area contributed by atoms with Crippen molar-refractivity contribution in [1.29, 1.82) is 0 Å². The van der Waals surface area contributed by atoms with E-state index in [2.05, 4.69) is 5.32 Å². The number of furan rings is 1. The molecule has 0 aromatic carbocycles. The summed E-state index contributed by atoms with van der Waals surface area (Å²) in [5.41, 5.74) is 2.66. The van der Waals surface area contributed by atoms with Gasteiger partial charge in [-0.3, -0.25) is 4.79 Å². The van der Waals surface area contributed by atoms with Gasteiger partial charge in [-0.2, -0.15) is 0 Å². The number of carbonyl (C=O) groups excluding carboxylic acids is 2. The van der Waals surface area contributed by atoms with Crippen molar-refractivity contribution in [3.05, 3.63) is 68.0 Å². The Morgan fingerprint density at radius 1 is 1.36 bits per heavy atom. The van der Waals surface area contributed by atoms with Crippen molar-refractivity contribution < 1.29 is 18.7 Å². The maximum Gasteiger partial charge on any atom is 0.336 e. The third kappa shape index (κ3) is 3.31. The topological polar surface area (TPSA) is 68.5 Å². The minimum absolute atomic E-state index is 0.0129. The number of halogens is 1. The van der Waals surface area contributed by atoms with E-state index >= 15 is 0 Å². The van der Waals surface area contributed by atoms with Gasteiger partial charge in [-0.1, -0.05) is 11.6 Å². The number of hydrogen-bond donors (Lipinski definition) is 1. The number of ketones is 1. The predicted molar refractivity (Wildman–Crippen MR) is 107 cm³/mol. The monoisotopic (exact) mass is 417 g/mol. The second-order valence-corrected chi connectivity index (χ2v) is 8.64. The first-order chi connectivity index (χ1) is 13.5. The molecule has 0 saturated heterocycles. The first kappa shape index (κ1) is 19.0. The van der Waals surface area contributed by atoms with E-state index in [0.717, 1.165) is 16.3 Å². The predicted octanol–water partition coefficient (Wildman–Crippen LogP) is 4.92. The standard InChI is InChI=1S/C21H20ClNO4S/c1-3-26-21(25)18-11(2)23-13-9-12(15-5-4-8-27-15)10-14(24)19(13)20(18)16-6-7-17(22)28-16/h4-8,12,20,23H,3,9-10H2,1-2H3. The molecule has 2 aromatic heterocycles. The summed E-state index contributed by atoms with van der Waals surface area (Å²) in [6.07, 6.45) is 2.62. The lowest BCUT2D eigenvalue weighted by Gasteiger charge is -2.35. The lowest BCUT2D eigenvalue weighted by Crippen LogP contribution is -2.35. The molecule has 0 bridgehead atoms. The van der Waals surface area contributed by atoms with E-state index < -0.39 is 11.9 Å². The molecule has 5 nitrogen and oxygen atoms in total. The van der Waals surface area contributed by atoms with E-state index in [1.165, 1.54) is 11.3 Å². The zero-order valence-electron chi connectivity index (χ0n) is 15.6. The van der Waals surface area contributed by atoms with Gasteiger partial charge in [0.05, 0.1) is 28.7 Å². The molecule has 146 valence electrons. The Hall–Kier alpha value is -2.31. The quantitative estimate of drug-likeness (QED) is 0.715. The van der Waals surface area contributed by atoms with Gasteiger partial charge in [0.15, 0.2) is 5.78 Å². The van der Waals surface area contributed by atoms with Crippen LogP contribution in [0.1, 0.15) is 49.2 Å². The Labute approximate surface area is 172 Å². The highest BCUT2D eigenvalue weighted by Gasteiger charge is 2.42. The third-order valence-corrected chi connectivity index (χ3v) is 6.44. The summed E-state index contributed by atoms with van der Waals surface area (Å²) in [5.74, 6) is -0.0696.